The van der Waals surface area contributed by atoms with Gasteiger partial charge in [0.2, 0.25) is 0 Å². The molecule has 0 unspecified atom stereocenters. The van der Waals surface area contributed by atoms with Gasteiger partial charge in [0, 0.05) is 4.90 Å². The van der Waals surface area contributed by atoms with Gasteiger partial charge < -0.3 is 0 Å². The van der Waals surface area contributed by atoms with Gasteiger partial charge in [0.1, 0.15) is 0 Å². The lowest BCUT2D eigenvalue weighted by Gasteiger charge is -1.97. The summed E-state index contributed by atoms with van der Waals surface area (Å²) >= 11 is 1.75. The van der Waals surface area contributed by atoms with Crippen LogP contribution in [0.2, 0.25) is 0 Å². The van der Waals surface area contributed by atoms with Gasteiger partial charge in [0.05, 0.1) is 0 Å². The molecule has 0 N–H and O–H groups in total. The molecule has 0 atom stereocenters. The van der Waals surface area contributed by atoms with Gasteiger partial charge in [0.15, 0.2) is 0 Å². The van der Waals surface area contributed by atoms with E-state index < -0.39 is 0 Å². The van der Waals surface area contributed by atoms with Gasteiger partial charge >= 0.3 is 0 Å². The van der Waals surface area contributed by atoms with Crippen LogP contribution in [0.25, 0.3) is 0 Å². The Hall–Kier alpha value is -1.21. The first-order valence-electron chi connectivity index (χ1n) is 6.36. The van der Waals surface area contributed by atoms with Crippen LogP contribution in [-0.2, 0) is 0 Å². The Morgan fingerprint density at radius 1 is 1.11 bits per heavy atom. The Morgan fingerprint density at radius 3 is 2.50 bits per heavy atom. The van der Waals surface area contributed by atoms with Crippen LogP contribution in [0.1, 0.15) is 33.6 Å². The van der Waals surface area contributed by atoms with Crippen LogP contribution in [0, 0.1) is 0 Å². The molecular weight excluding hydrogens is 236 g/mol. The van der Waals surface area contributed by atoms with Crippen LogP contribution in [0.4, 0.5) is 0 Å². The predicted octanol–water partition coefficient (Wildman–Crippen LogP) is 5.99. The van der Waals surface area contributed by atoms with Crippen LogP contribution < -0.4 is 0 Å². The first-order valence-corrected chi connectivity index (χ1v) is 7.24. The van der Waals surface area contributed by atoms with E-state index >= 15 is 0 Å². The standard InChI is InChI=1S/C17H22S/c1-15(2)9-7-10-16(3)11-8-14-18-17-12-5-4-6-13-17/h4-6,8-9,11-14H,7,10H2,1-3H3/b14-8-,16-11+. The van der Waals surface area contributed by atoms with Gasteiger partial charge in [-0.15, -0.1) is 0 Å². The van der Waals surface area contributed by atoms with Crippen molar-refractivity contribution in [2.75, 3.05) is 0 Å². The average molecular weight is 258 g/mol. The molecule has 1 rings (SSSR count). The molecule has 0 amide bonds. The van der Waals surface area contributed by atoms with Crippen molar-refractivity contribution < 1.29 is 0 Å². The van der Waals surface area contributed by atoms with Gasteiger partial charge in [-0.05, 0) is 51.2 Å². The monoisotopic (exact) mass is 258 g/mol. The minimum Gasteiger partial charge on any atom is -0.0981 e. The molecular formula is C17H22S. The zero-order chi connectivity index (χ0) is 13.2. The number of hydrogen-bond acceptors (Lipinski definition) is 1. The van der Waals surface area contributed by atoms with E-state index in [9.17, 15) is 0 Å². The van der Waals surface area contributed by atoms with Gasteiger partial charge in [-0.3, -0.25) is 0 Å². The summed E-state index contributed by atoms with van der Waals surface area (Å²) in [6.45, 7) is 6.49. The minimum absolute atomic E-state index is 1.14. The lowest BCUT2D eigenvalue weighted by Crippen LogP contribution is -1.75. The zero-order valence-electron chi connectivity index (χ0n) is 11.5. The van der Waals surface area contributed by atoms with E-state index in [-0.39, 0.29) is 0 Å². The maximum atomic E-state index is 2.29. The molecule has 1 heteroatoms. The number of rotatable bonds is 6. The molecule has 0 aromatic heterocycles. The molecule has 0 nitrogen and oxygen atoms in total. The first kappa shape index (κ1) is 14.8. The summed E-state index contributed by atoms with van der Waals surface area (Å²) in [4.78, 5) is 1.28. The highest BCUT2D eigenvalue weighted by molar-refractivity contribution is 8.02. The SMILES string of the molecule is CC(C)=CCC/C(C)=C/C=C\Sc1ccccc1. The summed E-state index contributed by atoms with van der Waals surface area (Å²) in [5.74, 6) is 0. The molecule has 0 spiro atoms. The highest BCUT2D eigenvalue weighted by Gasteiger charge is 1.88. The molecule has 0 saturated heterocycles. The Kier molecular flexibility index (Phi) is 7.28. The largest absolute Gasteiger partial charge is 0.0981 e. The predicted molar refractivity (Wildman–Crippen MR) is 83.9 cm³/mol. The van der Waals surface area contributed by atoms with Crippen molar-refractivity contribution in [2.24, 2.45) is 0 Å². The lowest BCUT2D eigenvalue weighted by atomic mass is 10.1. The minimum atomic E-state index is 1.14. The molecule has 18 heavy (non-hydrogen) atoms. The molecule has 1 aromatic rings. The van der Waals surface area contributed by atoms with Crippen molar-refractivity contribution in [3.05, 3.63) is 65.1 Å². The summed E-state index contributed by atoms with van der Waals surface area (Å²) in [6, 6.07) is 10.4. The average Bonchev–Trinajstić information content (AvgIpc) is 2.35. The highest BCUT2D eigenvalue weighted by atomic mass is 32.2. The van der Waals surface area contributed by atoms with Crippen molar-refractivity contribution in [1.29, 1.82) is 0 Å². The van der Waals surface area contributed by atoms with Crippen LogP contribution in [0.15, 0.2) is 70.0 Å². The van der Waals surface area contributed by atoms with Crippen LogP contribution in [0.5, 0.6) is 0 Å². The van der Waals surface area contributed by atoms with E-state index in [0.29, 0.717) is 0 Å². The molecule has 0 bridgehead atoms. The molecule has 1 aromatic carbocycles. The fourth-order valence-corrected chi connectivity index (χ4v) is 2.12. The van der Waals surface area contributed by atoms with E-state index in [4.69, 9.17) is 0 Å². The second kappa shape index (κ2) is 8.82. The summed E-state index contributed by atoms with van der Waals surface area (Å²) in [6.07, 6.45) is 8.92. The molecule has 0 aliphatic rings. The third kappa shape index (κ3) is 7.18. The number of hydrogen-bond donors (Lipinski definition) is 0. The number of benzene rings is 1. The van der Waals surface area contributed by atoms with Gasteiger partial charge in [0.25, 0.3) is 0 Å². The second-order valence-corrected chi connectivity index (χ2v) is 5.57. The van der Waals surface area contributed by atoms with E-state index in [1.165, 1.54) is 16.0 Å². The van der Waals surface area contributed by atoms with Crippen molar-refractivity contribution in [3.8, 4) is 0 Å². The molecule has 0 aliphatic heterocycles. The highest BCUT2D eigenvalue weighted by Crippen LogP contribution is 2.18. The first-order chi connectivity index (χ1) is 8.68. The van der Waals surface area contributed by atoms with E-state index in [0.717, 1.165) is 12.8 Å². The van der Waals surface area contributed by atoms with Gasteiger partial charge in [-0.25, -0.2) is 0 Å². The van der Waals surface area contributed by atoms with E-state index in [2.05, 4.69) is 68.7 Å². The number of thioether (sulfide) groups is 1. The topological polar surface area (TPSA) is 0 Å². The van der Waals surface area contributed by atoms with Gasteiger partial charge in [-0.1, -0.05) is 59.3 Å². The molecule has 0 heterocycles. The third-order valence-corrected chi connectivity index (χ3v) is 3.34. The Balaban J connectivity index is 2.32. The van der Waals surface area contributed by atoms with Crippen LogP contribution in [0.3, 0.4) is 0 Å². The molecule has 0 saturated carbocycles. The van der Waals surface area contributed by atoms with Crippen molar-refractivity contribution in [1.82, 2.24) is 0 Å². The Labute approximate surface area is 116 Å². The Morgan fingerprint density at radius 2 is 1.83 bits per heavy atom. The zero-order valence-corrected chi connectivity index (χ0v) is 12.3. The lowest BCUT2D eigenvalue weighted by molar-refractivity contribution is 0.967. The molecule has 0 fully saturated rings. The fourth-order valence-electron chi connectivity index (χ4n) is 1.49. The molecule has 0 aliphatic carbocycles. The van der Waals surface area contributed by atoms with Crippen molar-refractivity contribution >= 4 is 11.8 Å². The summed E-state index contributed by atoms with van der Waals surface area (Å²) in [5, 5.41) is 2.14. The third-order valence-electron chi connectivity index (χ3n) is 2.50. The molecule has 0 radical (unpaired) electrons. The van der Waals surface area contributed by atoms with Crippen LogP contribution >= 0.6 is 11.8 Å². The summed E-state index contributed by atoms with van der Waals surface area (Å²) in [7, 11) is 0. The van der Waals surface area contributed by atoms with Crippen molar-refractivity contribution in [2.45, 2.75) is 38.5 Å². The van der Waals surface area contributed by atoms with Gasteiger partial charge in [-0.2, -0.15) is 0 Å². The van der Waals surface area contributed by atoms with Crippen LogP contribution in [-0.4, -0.2) is 0 Å². The maximum Gasteiger partial charge on any atom is 0.0116 e. The normalized spacial score (nSPS) is 11.8. The van der Waals surface area contributed by atoms with E-state index in [1.807, 2.05) is 6.07 Å². The van der Waals surface area contributed by atoms with E-state index in [1.54, 1.807) is 11.8 Å². The summed E-state index contributed by atoms with van der Waals surface area (Å²) in [5.41, 5.74) is 2.83. The Bertz CT molecular complexity index is 420. The maximum absolute atomic E-state index is 2.29. The number of allylic oxidation sites excluding steroid dienone is 5. The smallest absolute Gasteiger partial charge is 0.0116 e. The second-order valence-electron chi connectivity index (χ2n) is 4.59. The summed E-state index contributed by atoms with van der Waals surface area (Å²) < 4.78 is 0. The fraction of sp³-hybridized carbons (Fsp3) is 0.294. The molecule has 96 valence electrons. The quantitative estimate of drug-likeness (QED) is 0.343. The van der Waals surface area contributed by atoms with Crippen molar-refractivity contribution in [3.63, 3.8) is 0 Å².